The summed E-state index contributed by atoms with van der Waals surface area (Å²) < 4.78 is 10.9. The molecule has 0 unspecified atom stereocenters. The van der Waals surface area contributed by atoms with Crippen LogP contribution in [0, 0.1) is 0 Å². The standard InChI is InChI=1S/C12H20N2O2/c1-2-15-8-6-11-9-14-12(16-11)5-7-13-10-3-4-10/h9-10,13H,2-8H2,1H3. The van der Waals surface area contributed by atoms with Crippen molar-refractivity contribution in [2.45, 2.75) is 38.6 Å². The second kappa shape index (κ2) is 6.01. The van der Waals surface area contributed by atoms with Crippen LogP contribution in [0.25, 0.3) is 0 Å². The van der Waals surface area contributed by atoms with E-state index in [2.05, 4.69) is 10.3 Å². The van der Waals surface area contributed by atoms with Gasteiger partial charge in [0.05, 0.1) is 12.8 Å². The zero-order valence-electron chi connectivity index (χ0n) is 9.87. The van der Waals surface area contributed by atoms with Crippen molar-refractivity contribution in [2.24, 2.45) is 0 Å². The fourth-order valence-electron chi connectivity index (χ4n) is 1.57. The van der Waals surface area contributed by atoms with E-state index in [1.807, 2.05) is 13.1 Å². The van der Waals surface area contributed by atoms with Crippen LogP contribution in [0.15, 0.2) is 10.6 Å². The first-order valence-electron chi connectivity index (χ1n) is 6.13. The maximum Gasteiger partial charge on any atom is 0.195 e. The van der Waals surface area contributed by atoms with E-state index in [-0.39, 0.29) is 0 Å². The molecule has 0 atom stereocenters. The van der Waals surface area contributed by atoms with E-state index in [9.17, 15) is 0 Å². The van der Waals surface area contributed by atoms with Gasteiger partial charge in [0.2, 0.25) is 0 Å². The van der Waals surface area contributed by atoms with Crippen LogP contribution in [-0.4, -0.2) is 30.8 Å². The van der Waals surface area contributed by atoms with Crippen LogP contribution in [0.4, 0.5) is 0 Å². The van der Waals surface area contributed by atoms with Crippen LogP contribution >= 0.6 is 0 Å². The van der Waals surface area contributed by atoms with E-state index < -0.39 is 0 Å². The summed E-state index contributed by atoms with van der Waals surface area (Å²) in [7, 11) is 0. The fourth-order valence-corrected chi connectivity index (χ4v) is 1.57. The lowest BCUT2D eigenvalue weighted by Gasteiger charge is -1.99. The molecule has 0 bridgehead atoms. The molecule has 16 heavy (non-hydrogen) atoms. The molecule has 0 amide bonds. The number of nitrogens with zero attached hydrogens (tertiary/aromatic N) is 1. The fraction of sp³-hybridized carbons (Fsp3) is 0.750. The Labute approximate surface area is 96.4 Å². The third kappa shape index (κ3) is 3.94. The topological polar surface area (TPSA) is 47.3 Å². The molecule has 1 aromatic rings. The van der Waals surface area contributed by atoms with E-state index in [0.717, 1.165) is 43.7 Å². The highest BCUT2D eigenvalue weighted by Crippen LogP contribution is 2.18. The highest BCUT2D eigenvalue weighted by molar-refractivity contribution is 4.95. The smallest absolute Gasteiger partial charge is 0.195 e. The quantitative estimate of drug-likeness (QED) is 0.681. The predicted octanol–water partition coefficient (Wildman–Crippen LogP) is 1.55. The van der Waals surface area contributed by atoms with Crippen molar-refractivity contribution < 1.29 is 9.15 Å². The molecule has 0 spiro atoms. The van der Waals surface area contributed by atoms with Gasteiger partial charge in [-0.1, -0.05) is 0 Å². The van der Waals surface area contributed by atoms with Gasteiger partial charge in [-0.05, 0) is 19.8 Å². The SMILES string of the molecule is CCOCCc1cnc(CCNC2CC2)o1. The maximum atomic E-state index is 5.60. The number of hydrogen-bond donors (Lipinski definition) is 1. The van der Waals surface area contributed by atoms with Crippen molar-refractivity contribution in [2.75, 3.05) is 19.8 Å². The summed E-state index contributed by atoms with van der Waals surface area (Å²) in [5, 5.41) is 3.44. The number of oxazole rings is 1. The van der Waals surface area contributed by atoms with Gasteiger partial charge in [0.25, 0.3) is 0 Å². The van der Waals surface area contributed by atoms with Crippen LogP contribution in [0.2, 0.25) is 0 Å². The molecule has 4 nitrogen and oxygen atoms in total. The second-order valence-electron chi connectivity index (χ2n) is 4.15. The van der Waals surface area contributed by atoms with Gasteiger partial charge in [-0.15, -0.1) is 0 Å². The molecule has 0 aromatic carbocycles. The molecule has 2 rings (SSSR count). The molecule has 1 aliphatic rings. The first-order valence-corrected chi connectivity index (χ1v) is 6.13. The summed E-state index contributed by atoms with van der Waals surface area (Å²) in [5.74, 6) is 1.76. The van der Waals surface area contributed by atoms with Crippen molar-refractivity contribution in [3.05, 3.63) is 17.8 Å². The minimum atomic E-state index is 0.714. The largest absolute Gasteiger partial charge is 0.446 e. The molecule has 1 aromatic heterocycles. The first kappa shape index (κ1) is 11.6. The Morgan fingerprint density at radius 1 is 1.50 bits per heavy atom. The van der Waals surface area contributed by atoms with Crippen LogP contribution in [0.5, 0.6) is 0 Å². The molecule has 4 heteroatoms. The number of aromatic nitrogens is 1. The zero-order chi connectivity index (χ0) is 11.2. The predicted molar refractivity (Wildman–Crippen MR) is 61.4 cm³/mol. The molecule has 0 aliphatic heterocycles. The minimum Gasteiger partial charge on any atom is -0.446 e. The van der Waals surface area contributed by atoms with E-state index in [4.69, 9.17) is 9.15 Å². The lowest BCUT2D eigenvalue weighted by atomic mass is 10.4. The first-order chi connectivity index (χ1) is 7.88. The van der Waals surface area contributed by atoms with Gasteiger partial charge >= 0.3 is 0 Å². The third-order valence-corrected chi connectivity index (χ3v) is 2.65. The Morgan fingerprint density at radius 3 is 3.12 bits per heavy atom. The summed E-state index contributed by atoms with van der Waals surface area (Å²) in [4.78, 5) is 4.25. The molecule has 0 saturated heterocycles. The van der Waals surface area contributed by atoms with Crippen molar-refractivity contribution in [1.29, 1.82) is 0 Å². The molecule has 90 valence electrons. The lowest BCUT2D eigenvalue weighted by Crippen LogP contribution is -2.19. The van der Waals surface area contributed by atoms with E-state index >= 15 is 0 Å². The maximum absolute atomic E-state index is 5.60. The van der Waals surface area contributed by atoms with Gasteiger partial charge in [0.15, 0.2) is 5.89 Å². The second-order valence-corrected chi connectivity index (χ2v) is 4.15. The van der Waals surface area contributed by atoms with Crippen LogP contribution in [0.1, 0.15) is 31.4 Å². The van der Waals surface area contributed by atoms with Gasteiger partial charge < -0.3 is 14.5 Å². The molecule has 1 heterocycles. The Morgan fingerprint density at radius 2 is 2.38 bits per heavy atom. The number of nitrogens with one attached hydrogen (secondary N) is 1. The highest BCUT2D eigenvalue weighted by atomic mass is 16.5. The zero-order valence-corrected chi connectivity index (χ0v) is 9.87. The highest BCUT2D eigenvalue weighted by Gasteiger charge is 2.19. The minimum absolute atomic E-state index is 0.714. The van der Waals surface area contributed by atoms with E-state index in [1.165, 1.54) is 12.8 Å². The van der Waals surface area contributed by atoms with Crippen molar-refractivity contribution in [3.63, 3.8) is 0 Å². The van der Waals surface area contributed by atoms with Crippen molar-refractivity contribution >= 4 is 0 Å². The number of rotatable bonds is 8. The average molecular weight is 224 g/mol. The molecule has 0 radical (unpaired) electrons. The van der Waals surface area contributed by atoms with Gasteiger partial charge in [0.1, 0.15) is 5.76 Å². The van der Waals surface area contributed by atoms with Crippen molar-refractivity contribution in [3.8, 4) is 0 Å². The number of hydrogen-bond acceptors (Lipinski definition) is 4. The molecular weight excluding hydrogens is 204 g/mol. The Hall–Kier alpha value is -0.870. The van der Waals surface area contributed by atoms with Crippen LogP contribution < -0.4 is 5.32 Å². The Kier molecular flexibility index (Phi) is 4.36. The summed E-state index contributed by atoms with van der Waals surface area (Å²) in [6.45, 7) is 4.43. The van der Waals surface area contributed by atoms with Gasteiger partial charge in [-0.3, -0.25) is 0 Å². The van der Waals surface area contributed by atoms with Crippen molar-refractivity contribution in [1.82, 2.24) is 10.3 Å². The summed E-state index contributed by atoms with van der Waals surface area (Å²) in [6.07, 6.45) is 6.16. The molecule has 1 fully saturated rings. The Balaban J connectivity index is 1.64. The summed E-state index contributed by atoms with van der Waals surface area (Å²) >= 11 is 0. The average Bonchev–Trinajstić information content (AvgIpc) is 2.99. The third-order valence-electron chi connectivity index (χ3n) is 2.65. The summed E-state index contributed by atoms with van der Waals surface area (Å²) in [5.41, 5.74) is 0. The molecule has 1 N–H and O–H groups in total. The lowest BCUT2D eigenvalue weighted by molar-refractivity contribution is 0.146. The normalized spacial score (nSPS) is 15.6. The van der Waals surface area contributed by atoms with Gasteiger partial charge in [0, 0.05) is 32.0 Å². The molecule has 1 aliphatic carbocycles. The van der Waals surface area contributed by atoms with E-state index in [1.54, 1.807) is 0 Å². The van der Waals surface area contributed by atoms with E-state index in [0.29, 0.717) is 6.61 Å². The van der Waals surface area contributed by atoms with Gasteiger partial charge in [-0.2, -0.15) is 0 Å². The molecular formula is C12H20N2O2. The number of ether oxygens (including phenoxy) is 1. The molecule has 1 saturated carbocycles. The van der Waals surface area contributed by atoms with Gasteiger partial charge in [-0.25, -0.2) is 4.98 Å². The monoisotopic (exact) mass is 224 g/mol. The van der Waals surface area contributed by atoms with Crippen LogP contribution in [-0.2, 0) is 17.6 Å². The summed E-state index contributed by atoms with van der Waals surface area (Å²) in [6, 6.07) is 0.757. The van der Waals surface area contributed by atoms with Crippen LogP contribution in [0.3, 0.4) is 0 Å². The Bertz CT molecular complexity index is 308.